The molecule has 0 fully saturated rings. The molecule has 0 amide bonds. The van der Waals surface area contributed by atoms with E-state index in [-0.39, 0.29) is 5.56 Å². The van der Waals surface area contributed by atoms with E-state index < -0.39 is 0 Å². The molecule has 0 aliphatic rings. The summed E-state index contributed by atoms with van der Waals surface area (Å²) >= 11 is 0. The van der Waals surface area contributed by atoms with Crippen LogP contribution in [0, 0.1) is 6.92 Å². The first-order valence-corrected chi connectivity index (χ1v) is 10.6. The van der Waals surface area contributed by atoms with Gasteiger partial charge in [-0.15, -0.1) is 0 Å². The molecule has 160 valence electrons. The molecule has 0 aliphatic carbocycles. The van der Waals surface area contributed by atoms with Gasteiger partial charge in [-0.2, -0.15) is 4.98 Å². The Morgan fingerprint density at radius 3 is 2.55 bits per heavy atom. The fraction of sp³-hybridized carbons (Fsp3) is 0.0769. The number of hydrogen-bond acceptors (Lipinski definition) is 5. The molecule has 2 aromatic carbocycles. The van der Waals surface area contributed by atoms with Crippen LogP contribution in [-0.2, 0) is 7.05 Å². The van der Waals surface area contributed by atoms with E-state index >= 15 is 0 Å². The number of aryl methyl sites for hydroxylation is 2. The first kappa shape index (κ1) is 19.2. The van der Waals surface area contributed by atoms with Crippen molar-refractivity contribution in [2.24, 2.45) is 7.05 Å². The summed E-state index contributed by atoms with van der Waals surface area (Å²) in [4.78, 5) is 27.1. The fourth-order valence-electron chi connectivity index (χ4n) is 4.04. The number of nitrogens with zero attached hydrogens (tertiary/aromatic N) is 5. The predicted molar refractivity (Wildman–Crippen MR) is 127 cm³/mol. The highest BCUT2D eigenvalue weighted by atomic mass is 16.4. The molecule has 4 heterocycles. The Balaban J connectivity index is 1.62. The molecule has 0 radical (unpaired) electrons. The molecule has 33 heavy (non-hydrogen) atoms. The van der Waals surface area contributed by atoms with Gasteiger partial charge in [-0.3, -0.25) is 14.3 Å². The van der Waals surface area contributed by atoms with E-state index in [0.717, 1.165) is 27.5 Å². The monoisotopic (exact) mass is 433 g/mol. The largest absolute Gasteiger partial charge is 0.431 e. The van der Waals surface area contributed by atoms with Crippen molar-refractivity contribution in [3.05, 3.63) is 95.0 Å². The number of para-hydroxylation sites is 2. The maximum absolute atomic E-state index is 13.3. The Hall–Kier alpha value is -4.52. The minimum absolute atomic E-state index is 0.258. The summed E-state index contributed by atoms with van der Waals surface area (Å²) in [5.41, 5.74) is 3.88. The van der Waals surface area contributed by atoms with Gasteiger partial charge in [0.25, 0.3) is 11.4 Å². The maximum Gasteiger partial charge on any atom is 0.282 e. The van der Waals surface area contributed by atoms with E-state index in [1.165, 1.54) is 4.57 Å². The standard InChI is InChI=1S/C26H19N5O2/c1-16-9-11-18(12-10-16)22-23(31-15-13-17-6-5-14-27-21(17)26(31)32)29-25(33-22)24-28-19-7-3-4-8-20(19)30(24)2/h3-15H,1-2H3. The molecule has 7 heteroatoms. The van der Waals surface area contributed by atoms with Crippen LogP contribution in [0.1, 0.15) is 5.56 Å². The van der Waals surface area contributed by atoms with Crippen LogP contribution in [0.2, 0.25) is 0 Å². The minimum Gasteiger partial charge on any atom is -0.431 e. The third-order valence-electron chi connectivity index (χ3n) is 5.79. The predicted octanol–water partition coefficient (Wildman–Crippen LogP) is 4.90. The van der Waals surface area contributed by atoms with Crippen molar-refractivity contribution in [2.75, 3.05) is 0 Å². The lowest BCUT2D eigenvalue weighted by atomic mass is 10.1. The van der Waals surface area contributed by atoms with Gasteiger partial charge in [0.2, 0.25) is 0 Å². The number of oxazole rings is 1. The molecule has 0 atom stereocenters. The molecule has 0 aliphatic heterocycles. The topological polar surface area (TPSA) is 78.7 Å². The number of aromatic nitrogens is 5. The van der Waals surface area contributed by atoms with Crippen molar-refractivity contribution in [1.82, 2.24) is 24.1 Å². The normalized spacial score (nSPS) is 11.5. The lowest BCUT2D eigenvalue weighted by molar-refractivity contribution is 0.579. The second-order valence-corrected chi connectivity index (χ2v) is 7.95. The Labute approximate surface area is 188 Å². The SMILES string of the molecule is Cc1ccc(-c2oc(-c3nc4ccccc4n3C)nc2-n2ccc3cccnc3c2=O)cc1. The highest BCUT2D eigenvalue weighted by Gasteiger charge is 2.23. The molecule has 0 N–H and O–H groups in total. The van der Waals surface area contributed by atoms with Crippen LogP contribution in [0.5, 0.6) is 0 Å². The Bertz CT molecular complexity index is 1710. The van der Waals surface area contributed by atoms with Crippen molar-refractivity contribution in [2.45, 2.75) is 6.92 Å². The molecule has 0 spiro atoms. The molecule has 0 bridgehead atoms. The van der Waals surface area contributed by atoms with Crippen LogP contribution in [-0.4, -0.2) is 24.1 Å². The first-order chi connectivity index (χ1) is 16.1. The van der Waals surface area contributed by atoms with Crippen molar-refractivity contribution < 1.29 is 4.42 Å². The molecule has 7 nitrogen and oxygen atoms in total. The molecule has 0 saturated carbocycles. The van der Waals surface area contributed by atoms with Gasteiger partial charge in [0.15, 0.2) is 17.4 Å². The number of rotatable bonds is 3. The van der Waals surface area contributed by atoms with Crippen LogP contribution < -0.4 is 5.56 Å². The zero-order chi connectivity index (χ0) is 22.5. The zero-order valence-corrected chi connectivity index (χ0v) is 18.1. The van der Waals surface area contributed by atoms with Crippen molar-refractivity contribution in [1.29, 1.82) is 0 Å². The summed E-state index contributed by atoms with van der Waals surface area (Å²) in [5, 5.41) is 0.773. The van der Waals surface area contributed by atoms with Gasteiger partial charge in [-0.05, 0) is 31.2 Å². The molecule has 6 rings (SSSR count). The van der Waals surface area contributed by atoms with Gasteiger partial charge >= 0.3 is 0 Å². The number of fused-ring (bicyclic) bond motifs is 2. The lowest BCUT2D eigenvalue weighted by Gasteiger charge is -2.06. The molecule has 4 aromatic heterocycles. The zero-order valence-electron chi connectivity index (χ0n) is 18.1. The Morgan fingerprint density at radius 2 is 1.73 bits per heavy atom. The highest BCUT2D eigenvalue weighted by molar-refractivity contribution is 5.80. The maximum atomic E-state index is 13.3. The molecule has 0 saturated heterocycles. The van der Waals surface area contributed by atoms with Crippen LogP contribution in [0.25, 0.3) is 50.8 Å². The smallest absolute Gasteiger partial charge is 0.282 e. The van der Waals surface area contributed by atoms with E-state index in [9.17, 15) is 4.79 Å². The van der Waals surface area contributed by atoms with Crippen LogP contribution in [0.15, 0.2) is 88.3 Å². The van der Waals surface area contributed by atoms with E-state index in [4.69, 9.17) is 14.4 Å². The highest BCUT2D eigenvalue weighted by Crippen LogP contribution is 2.32. The van der Waals surface area contributed by atoms with Crippen LogP contribution in [0.3, 0.4) is 0 Å². The van der Waals surface area contributed by atoms with Gasteiger partial charge in [-0.25, -0.2) is 4.98 Å². The summed E-state index contributed by atoms with van der Waals surface area (Å²) in [5.74, 6) is 1.82. The average Bonchev–Trinajstić information content (AvgIpc) is 3.42. The van der Waals surface area contributed by atoms with Crippen molar-refractivity contribution in [3.8, 4) is 28.9 Å². The number of pyridine rings is 2. The average molecular weight is 433 g/mol. The van der Waals surface area contributed by atoms with Gasteiger partial charge in [0.05, 0.1) is 11.0 Å². The van der Waals surface area contributed by atoms with Crippen molar-refractivity contribution in [3.63, 3.8) is 0 Å². The summed E-state index contributed by atoms with van der Waals surface area (Å²) in [6, 6.07) is 21.3. The van der Waals surface area contributed by atoms with Gasteiger partial charge < -0.3 is 8.98 Å². The van der Waals surface area contributed by atoms with Gasteiger partial charge in [-0.1, -0.05) is 48.0 Å². The van der Waals surface area contributed by atoms with E-state index in [0.29, 0.717) is 28.8 Å². The summed E-state index contributed by atoms with van der Waals surface area (Å²) < 4.78 is 9.71. The molecular weight excluding hydrogens is 414 g/mol. The number of imidazole rings is 1. The summed E-state index contributed by atoms with van der Waals surface area (Å²) in [6.07, 6.45) is 3.32. The Kier molecular flexibility index (Phi) is 4.23. The van der Waals surface area contributed by atoms with Crippen molar-refractivity contribution >= 4 is 21.9 Å². The lowest BCUT2D eigenvalue weighted by Crippen LogP contribution is -2.19. The summed E-state index contributed by atoms with van der Waals surface area (Å²) in [7, 11) is 1.92. The molecule has 6 aromatic rings. The first-order valence-electron chi connectivity index (χ1n) is 10.6. The quantitative estimate of drug-likeness (QED) is 0.397. The molecule has 0 unspecified atom stereocenters. The van der Waals surface area contributed by atoms with Crippen LogP contribution in [0.4, 0.5) is 0 Å². The van der Waals surface area contributed by atoms with Gasteiger partial charge in [0, 0.05) is 30.4 Å². The third kappa shape index (κ3) is 3.05. The van der Waals surface area contributed by atoms with Crippen LogP contribution >= 0.6 is 0 Å². The minimum atomic E-state index is -0.258. The van der Waals surface area contributed by atoms with E-state index in [1.807, 2.05) is 85.3 Å². The summed E-state index contributed by atoms with van der Waals surface area (Å²) in [6.45, 7) is 2.02. The molecular formula is C26H19N5O2. The number of hydrogen-bond donors (Lipinski definition) is 0. The third-order valence-corrected chi connectivity index (χ3v) is 5.79. The van der Waals surface area contributed by atoms with Gasteiger partial charge in [0.1, 0.15) is 5.52 Å². The fourth-order valence-corrected chi connectivity index (χ4v) is 4.04. The van der Waals surface area contributed by atoms with E-state index in [1.54, 1.807) is 12.4 Å². The Morgan fingerprint density at radius 1 is 0.909 bits per heavy atom. The second kappa shape index (κ2) is 7.27. The number of benzene rings is 2. The van der Waals surface area contributed by atoms with E-state index in [2.05, 4.69) is 4.98 Å². The second-order valence-electron chi connectivity index (χ2n) is 7.95.